The molecule has 0 aliphatic rings. The molecule has 0 radical (unpaired) electrons. The molecule has 0 fully saturated rings. The van der Waals surface area contributed by atoms with Crippen LogP contribution in [0.3, 0.4) is 0 Å². The number of para-hydroxylation sites is 1. The van der Waals surface area contributed by atoms with E-state index in [2.05, 4.69) is 21.2 Å². The van der Waals surface area contributed by atoms with E-state index >= 15 is 0 Å². The van der Waals surface area contributed by atoms with Crippen LogP contribution in [0.15, 0.2) is 71.2 Å². The number of nitrogens with one attached hydrogen (secondary N) is 1. The Balaban J connectivity index is 1.88. The first kappa shape index (κ1) is 17.0. The number of hydrogen-bond donors (Lipinski definition) is 1. The van der Waals surface area contributed by atoms with Crippen LogP contribution in [-0.4, -0.2) is 9.97 Å². The zero-order valence-corrected chi connectivity index (χ0v) is 16.3. The first-order valence-electron chi connectivity index (χ1n) is 8.16. The lowest BCUT2D eigenvalue weighted by molar-refractivity contribution is 1.22. The van der Waals surface area contributed by atoms with Crippen molar-refractivity contribution in [2.45, 2.75) is 6.92 Å². The monoisotopic (exact) mass is 423 g/mol. The quantitative estimate of drug-likeness (QED) is 0.394. The van der Waals surface area contributed by atoms with Crippen LogP contribution >= 0.6 is 27.5 Å². The van der Waals surface area contributed by atoms with Gasteiger partial charge in [-0.15, -0.1) is 0 Å². The van der Waals surface area contributed by atoms with Gasteiger partial charge in [0.05, 0.1) is 5.52 Å². The Morgan fingerprint density at radius 3 is 2.62 bits per heavy atom. The second-order valence-electron chi connectivity index (χ2n) is 6.01. The normalized spacial score (nSPS) is 10.9. The second kappa shape index (κ2) is 7.06. The molecule has 128 valence electrons. The molecule has 0 amide bonds. The average molecular weight is 425 g/mol. The summed E-state index contributed by atoms with van der Waals surface area (Å²) in [6.45, 7) is 2.04. The van der Waals surface area contributed by atoms with Crippen LogP contribution in [0.4, 0.5) is 11.5 Å². The number of halogens is 2. The van der Waals surface area contributed by atoms with Crippen LogP contribution < -0.4 is 5.32 Å². The van der Waals surface area contributed by atoms with E-state index in [1.165, 1.54) is 0 Å². The van der Waals surface area contributed by atoms with Gasteiger partial charge in [0.15, 0.2) is 5.82 Å². The third-order valence-electron chi connectivity index (χ3n) is 4.14. The lowest BCUT2D eigenvalue weighted by Crippen LogP contribution is -2.00. The van der Waals surface area contributed by atoms with Gasteiger partial charge in [0.1, 0.15) is 5.82 Å². The lowest BCUT2D eigenvalue weighted by atomic mass is 10.1. The highest BCUT2D eigenvalue weighted by Crippen LogP contribution is 2.30. The van der Waals surface area contributed by atoms with Gasteiger partial charge in [0, 0.05) is 26.1 Å². The van der Waals surface area contributed by atoms with Gasteiger partial charge in [-0.3, -0.25) is 0 Å². The third-order valence-corrected chi connectivity index (χ3v) is 4.87. The Hall–Kier alpha value is -2.43. The van der Waals surface area contributed by atoms with Crippen molar-refractivity contribution < 1.29 is 0 Å². The fourth-order valence-electron chi connectivity index (χ4n) is 2.79. The van der Waals surface area contributed by atoms with Crippen molar-refractivity contribution in [1.29, 1.82) is 0 Å². The third kappa shape index (κ3) is 3.43. The summed E-state index contributed by atoms with van der Waals surface area (Å²) < 4.78 is 0.993. The first-order chi connectivity index (χ1) is 12.6. The highest BCUT2D eigenvalue weighted by molar-refractivity contribution is 9.10. The molecule has 0 aliphatic heterocycles. The molecule has 3 aromatic carbocycles. The minimum atomic E-state index is 0.673. The van der Waals surface area contributed by atoms with E-state index in [1.54, 1.807) is 0 Å². The average Bonchev–Trinajstić information content (AvgIpc) is 2.64. The lowest BCUT2D eigenvalue weighted by Gasteiger charge is -2.13. The molecule has 4 rings (SSSR count). The molecule has 0 atom stereocenters. The molecule has 26 heavy (non-hydrogen) atoms. The largest absolute Gasteiger partial charge is 0.339 e. The van der Waals surface area contributed by atoms with Gasteiger partial charge in [-0.2, -0.15) is 0 Å². The topological polar surface area (TPSA) is 37.8 Å². The number of hydrogen-bond acceptors (Lipinski definition) is 3. The van der Waals surface area contributed by atoms with Crippen molar-refractivity contribution in [3.05, 3.63) is 81.8 Å². The minimum Gasteiger partial charge on any atom is -0.339 e. The second-order valence-corrected chi connectivity index (χ2v) is 7.36. The number of anilines is 2. The van der Waals surface area contributed by atoms with Gasteiger partial charge in [0.25, 0.3) is 0 Å². The summed E-state index contributed by atoms with van der Waals surface area (Å²) in [6.07, 6.45) is 0. The Bertz CT molecular complexity index is 1110. The van der Waals surface area contributed by atoms with Gasteiger partial charge in [-0.1, -0.05) is 57.9 Å². The van der Waals surface area contributed by atoms with Gasteiger partial charge >= 0.3 is 0 Å². The fraction of sp³-hybridized carbons (Fsp3) is 0.0476. The summed E-state index contributed by atoms with van der Waals surface area (Å²) in [5.41, 5.74) is 3.87. The van der Waals surface area contributed by atoms with E-state index in [1.807, 2.05) is 73.7 Å². The minimum absolute atomic E-state index is 0.673. The zero-order valence-electron chi connectivity index (χ0n) is 14.0. The number of benzene rings is 3. The van der Waals surface area contributed by atoms with Crippen molar-refractivity contribution >= 4 is 49.9 Å². The Morgan fingerprint density at radius 2 is 1.77 bits per heavy atom. The summed E-state index contributed by atoms with van der Waals surface area (Å²) in [7, 11) is 0. The van der Waals surface area contributed by atoms with E-state index in [4.69, 9.17) is 21.6 Å². The molecular formula is C21H15BrClN3. The van der Waals surface area contributed by atoms with Crippen LogP contribution in [0.5, 0.6) is 0 Å². The van der Waals surface area contributed by atoms with Crippen LogP contribution in [0, 0.1) is 6.92 Å². The van der Waals surface area contributed by atoms with E-state index < -0.39 is 0 Å². The summed E-state index contributed by atoms with van der Waals surface area (Å²) in [4.78, 5) is 9.52. The number of rotatable bonds is 3. The Morgan fingerprint density at radius 1 is 0.923 bits per heavy atom. The summed E-state index contributed by atoms with van der Waals surface area (Å²) >= 11 is 9.68. The van der Waals surface area contributed by atoms with Crippen molar-refractivity contribution in [3.63, 3.8) is 0 Å². The molecule has 5 heteroatoms. The fourth-order valence-corrected chi connectivity index (χ4v) is 3.36. The summed E-state index contributed by atoms with van der Waals surface area (Å²) in [6, 6.07) is 21.7. The number of nitrogens with zero attached hydrogens (tertiary/aromatic N) is 2. The highest BCUT2D eigenvalue weighted by atomic mass is 79.9. The maximum Gasteiger partial charge on any atom is 0.162 e. The van der Waals surface area contributed by atoms with Crippen molar-refractivity contribution in [3.8, 4) is 11.4 Å². The first-order valence-corrected chi connectivity index (χ1v) is 9.33. The Kier molecular flexibility index (Phi) is 4.62. The number of fused-ring (bicyclic) bond motifs is 1. The predicted molar refractivity (Wildman–Crippen MR) is 112 cm³/mol. The van der Waals surface area contributed by atoms with Crippen LogP contribution in [-0.2, 0) is 0 Å². The van der Waals surface area contributed by atoms with E-state index in [-0.39, 0.29) is 0 Å². The van der Waals surface area contributed by atoms with Gasteiger partial charge in [-0.25, -0.2) is 9.97 Å². The van der Waals surface area contributed by atoms with E-state index in [0.717, 1.165) is 38.0 Å². The molecule has 1 heterocycles. The molecule has 1 aromatic heterocycles. The highest BCUT2D eigenvalue weighted by Gasteiger charge is 2.11. The standard InChI is InChI=1S/C21H15BrClN3/c1-13-9-10-16(23)12-19(13)25-21-17-7-2-3-8-18(17)24-20(26-21)14-5-4-6-15(22)11-14/h2-12H,1H3,(H,24,25,26). The molecule has 0 aliphatic carbocycles. The maximum absolute atomic E-state index is 6.17. The van der Waals surface area contributed by atoms with Crippen molar-refractivity contribution in [2.75, 3.05) is 5.32 Å². The molecule has 1 N–H and O–H groups in total. The van der Waals surface area contributed by atoms with Crippen LogP contribution in [0.25, 0.3) is 22.3 Å². The van der Waals surface area contributed by atoms with Crippen molar-refractivity contribution in [1.82, 2.24) is 9.97 Å². The van der Waals surface area contributed by atoms with Gasteiger partial charge < -0.3 is 5.32 Å². The molecule has 0 bridgehead atoms. The van der Waals surface area contributed by atoms with E-state index in [0.29, 0.717) is 10.8 Å². The van der Waals surface area contributed by atoms with Crippen LogP contribution in [0.1, 0.15) is 5.56 Å². The van der Waals surface area contributed by atoms with Gasteiger partial charge in [0.2, 0.25) is 0 Å². The summed E-state index contributed by atoms with van der Waals surface area (Å²) in [5, 5.41) is 5.08. The SMILES string of the molecule is Cc1ccc(Cl)cc1Nc1nc(-c2cccc(Br)c2)nc2ccccc12. The number of aryl methyl sites for hydroxylation is 1. The van der Waals surface area contributed by atoms with Crippen molar-refractivity contribution in [2.24, 2.45) is 0 Å². The molecule has 0 unspecified atom stereocenters. The molecule has 0 saturated heterocycles. The predicted octanol–water partition coefficient (Wildman–Crippen LogP) is 6.76. The molecular weight excluding hydrogens is 410 g/mol. The van der Waals surface area contributed by atoms with Crippen LogP contribution in [0.2, 0.25) is 5.02 Å². The number of aromatic nitrogens is 2. The molecule has 0 saturated carbocycles. The zero-order chi connectivity index (χ0) is 18.1. The van der Waals surface area contributed by atoms with Gasteiger partial charge in [-0.05, 0) is 48.9 Å². The Labute approximate surface area is 165 Å². The molecule has 3 nitrogen and oxygen atoms in total. The smallest absolute Gasteiger partial charge is 0.162 e. The maximum atomic E-state index is 6.17. The summed E-state index contributed by atoms with van der Waals surface area (Å²) in [5.74, 6) is 1.43. The molecule has 4 aromatic rings. The molecule has 0 spiro atoms. The van der Waals surface area contributed by atoms with E-state index in [9.17, 15) is 0 Å².